The molecule has 8 rings (SSSR count). The Morgan fingerprint density at radius 3 is 2.45 bits per heavy atom. The number of imide groups is 1. The lowest BCUT2D eigenvalue weighted by molar-refractivity contribution is -0.123. The zero-order valence-electron chi connectivity index (χ0n) is 24.8. The summed E-state index contributed by atoms with van der Waals surface area (Å²) in [5.74, 6) is -0.875. The van der Waals surface area contributed by atoms with E-state index in [-0.39, 0.29) is 63.9 Å². The van der Waals surface area contributed by atoms with E-state index in [9.17, 15) is 24.3 Å². The van der Waals surface area contributed by atoms with E-state index in [1.807, 2.05) is 12.1 Å². The number of carbonyl (C=O) groups is 3. The summed E-state index contributed by atoms with van der Waals surface area (Å²) in [4.78, 5) is 58.2. The number of H-pyrrole nitrogens is 1. The molecule has 4 aliphatic rings. The number of phenolic OH excluding ortho intramolecular Hbond substituents is 1. The third kappa shape index (κ3) is 4.92. The van der Waals surface area contributed by atoms with Gasteiger partial charge >= 0.3 is 4.87 Å². The number of methoxy groups -OCH3 is 1. The Bertz CT molecular complexity index is 1980. The Hall–Kier alpha value is -4.26. The van der Waals surface area contributed by atoms with Crippen molar-refractivity contribution in [3.05, 3.63) is 91.9 Å². The summed E-state index contributed by atoms with van der Waals surface area (Å²) in [7, 11) is 1.53. The average molecular weight is 690 g/mol. The maximum absolute atomic E-state index is 14.0. The monoisotopic (exact) mass is 689 g/mol. The van der Waals surface area contributed by atoms with Gasteiger partial charge in [-0.15, -0.1) is 11.8 Å². The minimum absolute atomic E-state index is 0.00982. The Morgan fingerprint density at radius 1 is 1.00 bits per heavy atom. The van der Waals surface area contributed by atoms with Crippen LogP contribution in [0.4, 0.5) is 11.4 Å². The molecular formula is C34H28ClN3O7S2. The zero-order valence-corrected chi connectivity index (χ0v) is 27.2. The lowest BCUT2D eigenvalue weighted by atomic mass is 9.68. The molecular weight excluding hydrogens is 662 g/mol. The molecule has 4 aromatic rings. The van der Waals surface area contributed by atoms with Crippen molar-refractivity contribution in [1.82, 2.24) is 4.98 Å². The average Bonchev–Trinajstić information content (AvgIpc) is 3.80. The topological polar surface area (TPSA) is 138 Å². The van der Waals surface area contributed by atoms with Gasteiger partial charge in [-0.05, 0) is 90.4 Å². The zero-order chi connectivity index (χ0) is 32.6. The normalized spacial score (nSPS) is 26.9. The smallest absolute Gasteiger partial charge is 0.305 e. The van der Waals surface area contributed by atoms with Gasteiger partial charge in [-0.2, -0.15) is 0 Å². The summed E-state index contributed by atoms with van der Waals surface area (Å²) in [6.07, 6.45) is 0.772. The molecule has 2 aliphatic carbocycles. The number of thiazole rings is 1. The second-order valence-electron chi connectivity index (χ2n) is 12.2. The number of benzene rings is 3. The number of thioether (sulfide) groups is 1. The van der Waals surface area contributed by atoms with Crippen LogP contribution in [0, 0.1) is 29.6 Å². The molecule has 3 N–H and O–H groups in total. The Kier molecular flexibility index (Phi) is 7.34. The number of carbonyl (C=O) groups excluding carboxylic acids is 3. The van der Waals surface area contributed by atoms with E-state index in [0.717, 1.165) is 21.9 Å². The van der Waals surface area contributed by atoms with Gasteiger partial charge in [-0.1, -0.05) is 29.0 Å². The summed E-state index contributed by atoms with van der Waals surface area (Å²) < 4.78 is 11.5. The highest BCUT2D eigenvalue weighted by Gasteiger charge is 2.69. The van der Waals surface area contributed by atoms with Crippen LogP contribution >= 0.6 is 34.7 Å². The maximum atomic E-state index is 14.0. The molecule has 0 spiro atoms. The second-order valence-corrected chi connectivity index (χ2v) is 14.9. The van der Waals surface area contributed by atoms with E-state index in [2.05, 4.69) is 10.3 Å². The summed E-state index contributed by atoms with van der Waals surface area (Å²) in [6, 6.07) is 18.5. The number of aromatic nitrogens is 1. The third-order valence-electron chi connectivity index (χ3n) is 9.87. The molecule has 2 bridgehead atoms. The molecule has 2 saturated carbocycles. The number of aromatic amines is 1. The molecule has 3 fully saturated rings. The quantitative estimate of drug-likeness (QED) is 0.171. The second kappa shape index (κ2) is 11.5. The first-order valence-electron chi connectivity index (χ1n) is 15.1. The number of hydrogen-bond acceptors (Lipinski definition) is 9. The van der Waals surface area contributed by atoms with Crippen molar-refractivity contribution >= 4 is 63.8 Å². The molecule has 0 radical (unpaired) electrons. The van der Waals surface area contributed by atoms with Crippen LogP contribution in [0.25, 0.3) is 0 Å². The molecule has 240 valence electrons. The van der Waals surface area contributed by atoms with E-state index in [1.165, 1.54) is 35.5 Å². The Balaban J connectivity index is 1.09. The minimum atomic E-state index is -0.429. The van der Waals surface area contributed by atoms with Gasteiger partial charge in [0.25, 0.3) is 5.91 Å². The highest BCUT2D eigenvalue weighted by Crippen LogP contribution is 2.68. The van der Waals surface area contributed by atoms with Gasteiger partial charge in [0.2, 0.25) is 11.8 Å². The van der Waals surface area contributed by atoms with Crippen molar-refractivity contribution in [3.8, 4) is 17.2 Å². The SMILES string of the molecule is COc1cc([C@H]2c3sc(=O)[nH]c3SC3C2[C@H]2C[C@@H]3C3C(=O)N(c4ccc(Cl)cc4)C(=O)C32)ccc1OCC(=O)Nc1ccc(O)cc1. The van der Waals surface area contributed by atoms with Gasteiger partial charge in [-0.3, -0.25) is 24.1 Å². The van der Waals surface area contributed by atoms with Crippen molar-refractivity contribution in [2.45, 2.75) is 22.6 Å². The van der Waals surface area contributed by atoms with E-state index in [4.69, 9.17) is 21.1 Å². The largest absolute Gasteiger partial charge is 0.508 e. The van der Waals surface area contributed by atoms with Crippen LogP contribution < -0.4 is 24.6 Å². The number of anilines is 2. The summed E-state index contributed by atoms with van der Waals surface area (Å²) in [6.45, 7) is -0.266. The van der Waals surface area contributed by atoms with Crippen molar-refractivity contribution in [2.75, 3.05) is 23.9 Å². The Labute approximate surface area is 282 Å². The van der Waals surface area contributed by atoms with Crippen LogP contribution in [0.5, 0.6) is 17.2 Å². The fraction of sp³-hybridized carbons (Fsp3) is 0.294. The molecule has 1 saturated heterocycles. The molecule has 3 heterocycles. The number of nitrogens with one attached hydrogen (secondary N) is 2. The fourth-order valence-corrected chi connectivity index (χ4v) is 11.1. The summed E-state index contributed by atoms with van der Waals surface area (Å²) in [5.41, 5.74) is 1.97. The number of aromatic hydroxyl groups is 1. The van der Waals surface area contributed by atoms with E-state index < -0.39 is 11.8 Å². The predicted octanol–water partition coefficient (Wildman–Crippen LogP) is 5.50. The number of hydrogen-bond donors (Lipinski definition) is 3. The molecule has 10 nitrogen and oxygen atoms in total. The van der Waals surface area contributed by atoms with Gasteiger partial charge in [0.1, 0.15) is 5.75 Å². The highest BCUT2D eigenvalue weighted by atomic mass is 35.5. The number of halogens is 1. The van der Waals surface area contributed by atoms with Crippen LogP contribution in [0.2, 0.25) is 5.02 Å². The van der Waals surface area contributed by atoms with Crippen LogP contribution in [0.15, 0.2) is 76.6 Å². The lowest BCUT2D eigenvalue weighted by Gasteiger charge is -2.43. The molecule has 4 unspecified atom stereocenters. The third-order valence-corrected chi connectivity index (χ3v) is 12.7. The first-order chi connectivity index (χ1) is 22.7. The molecule has 3 amide bonds. The molecule has 47 heavy (non-hydrogen) atoms. The van der Waals surface area contributed by atoms with Crippen molar-refractivity contribution in [3.63, 3.8) is 0 Å². The van der Waals surface area contributed by atoms with Crippen LogP contribution in [-0.4, -0.2) is 46.8 Å². The van der Waals surface area contributed by atoms with Gasteiger partial charge in [0, 0.05) is 26.8 Å². The molecule has 3 aromatic carbocycles. The predicted molar refractivity (Wildman–Crippen MR) is 178 cm³/mol. The van der Waals surface area contributed by atoms with Gasteiger partial charge in [0.05, 0.1) is 29.7 Å². The van der Waals surface area contributed by atoms with E-state index >= 15 is 0 Å². The summed E-state index contributed by atoms with van der Waals surface area (Å²) >= 11 is 8.89. The molecule has 2 aliphatic heterocycles. The number of nitrogens with zero attached hydrogens (tertiary/aromatic N) is 1. The molecule has 13 heteroatoms. The Morgan fingerprint density at radius 2 is 1.72 bits per heavy atom. The van der Waals surface area contributed by atoms with Crippen LogP contribution in [-0.2, 0) is 14.4 Å². The highest BCUT2D eigenvalue weighted by molar-refractivity contribution is 8.00. The standard InChI is InChI=1S/C34H28ClN3O7S2/c1-44-23-12-15(2-11-22(23)45-14-24(40)36-17-5-9-19(39)10-6-17)25-26-20-13-21(29(26)46-31-30(25)47-34(43)37-31)28-27(20)32(41)38(33(28)42)18-7-3-16(35)4-8-18/h2-12,20-21,25-29,39H,13-14H2,1H3,(H,36,40)(H,37,43)/t20-,21-,25-,26?,27?,28?,29?/m1/s1. The van der Waals surface area contributed by atoms with Crippen molar-refractivity contribution in [1.29, 1.82) is 0 Å². The van der Waals surface area contributed by atoms with E-state index in [0.29, 0.717) is 27.9 Å². The first-order valence-corrected chi connectivity index (χ1v) is 17.2. The number of amides is 3. The number of rotatable bonds is 7. The van der Waals surface area contributed by atoms with Gasteiger partial charge < -0.3 is 24.9 Å². The lowest BCUT2D eigenvalue weighted by Crippen LogP contribution is -2.42. The van der Waals surface area contributed by atoms with Crippen molar-refractivity contribution in [2.24, 2.45) is 29.6 Å². The van der Waals surface area contributed by atoms with Crippen LogP contribution in [0.1, 0.15) is 22.8 Å². The van der Waals surface area contributed by atoms with Gasteiger partial charge in [-0.25, -0.2) is 0 Å². The van der Waals surface area contributed by atoms with E-state index in [1.54, 1.807) is 54.2 Å². The van der Waals surface area contributed by atoms with Crippen LogP contribution in [0.3, 0.4) is 0 Å². The number of phenols is 1. The van der Waals surface area contributed by atoms with Crippen molar-refractivity contribution < 1.29 is 29.0 Å². The summed E-state index contributed by atoms with van der Waals surface area (Å²) in [5, 5.41) is 13.6. The minimum Gasteiger partial charge on any atom is -0.508 e. The van der Waals surface area contributed by atoms with Gasteiger partial charge in [0.15, 0.2) is 18.1 Å². The maximum Gasteiger partial charge on any atom is 0.305 e. The number of fused-ring (bicyclic) bond motifs is 9. The molecule has 1 aromatic heterocycles. The fourth-order valence-electron chi connectivity index (χ4n) is 8.12. The molecule has 7 atom stereocenters. The number of ether oxygens (including phenoxy) is 2. The first kappa shape index (κ1) is 30.1.